The second kappa shape index (κ2) is 6.93. The van der Waals surface area contributed by atoms with Gasteiger partial charge < -0.3 is 20.5 Å². The lowest BCUT2D eigenvalue weighted by molar-refractivity contribution is 0.0695. The Balaban J connectivity index is 1.96. The van der Waals surface area contributed by atoms with Crippen LogP contribution in [0.25, 0.3) is 16.2 Å². The number of rotatable bonds is 4. The summed E-state index contributed by atoms with van der Waals surface area (Å²) in [6.45, 7) is 0.685. The van der Waals surface area contributed by atoms with Gasteiger partial charge in [-0.3, -0.25) is 9.36 Å². The van der Waals surface area contributed by atoms with Crippen molar-refractivity contribution >= 4 is 34.2 Å². The highest BCUT2D eigenvalue weighted by Gasteiger charge is 2.33. The lowest BCUT2D eigenvalue weighted by Gasteiger charge is -2.19. The molecule has 0 spiro atoms. The average Bonchev–Trinajstić information content (AvgIpc) is 3.31. The number of carboxylic acids is 1. The maximum atomic E-state index is 14.8. The molecular formula is C17H16FN5O4S. The van der Waals surface area contributed by atoms with E-state index in [1.807, 2.05) is 0 Å². The zero-order chi connectivity index (χ0) is 20.0. The molecule has 0 amide bonds. The van der Waals surface area contributed by atoms with Crippen molar-refractivity contribution in [3.63, 3.8) is 0 Å². The van der Waals surface area contributed by atoms with Crippen LogP contribution in [-0.2, 0) is 4.74 Å². The number of carboxylic acid groups (broad SMARTS) is 1. The molecule has 146 valence electrons. The van der Waals surface area contributed by atoms with Crippen LogP contribution in [0.2, 0.25) is 0 Å². The fraction of sp³-hybridized carbons (Fsp3) is 0.294. The molecule has 0 saturated carbocycles. The van der Waals surface area contributed by atoms with Gasteiger partial charge in [0, 0.05) is 38.0 Å². The standard InChI is InChI=1S/C17H16FN5O4S/c1-27-12-7-22(6-11(12)19)15-10(18)4-8-13(24)9(16(25)26)5-23(14(8)21-15)17-20-2-3-28-17/h2-5,11-12H,6-7,19H2,1H3,(H,25,26)/t11-,12+/m0/s1. The highest BCUT2D eigenvalue weighted by Crippen LogP contribution is 2.27. The van der Waals surface area contributed by atoms with Crippen LogP contribution in [0.5, 0.6) is 0 Å². The van der Waals surface area contributed by atoms with Gasteiger partial charge in [-0.05, 0) is 6.07 Å². The summed E-state index contributed by atoms with van der Waals surface area (Å²) in [4.78, 5) is 34.2. The second-order valence-electron chi connectivity index (χ2n) is 6.37. The molecular weight excluding hydrogens is 389 g/mol. The Bertz CT molecular complexity index is 1120. The minimum atomic E-state index is -1.41. The minimum Gasteiger partial charge on any atom is -0.477 e. The fourth-order valence-corrected chi connectivity index (χ4v) is 3.91. The number of nitrogens with zero attached hydrogens (tertiary/aromatic N) is 4. The van der Waals surface area contributed by atoms with Crippen molar-refractivity contribution in [3.8, 4) is 5.13 Å². The molecule has 9 nitrogen and oxygen atoms in total. The normalized spacial score (nSPS) is 19.5. The predicted molar refractivity (Wildman–Crippen MR) is 101 cm³/mol. The van der Waals surface area contributed by atoms with Crippen LogP contribution in [0.15, 0.2) is 28.6 Å². The highest BCUT2D eigenvalue weighted by molar-refractivity contribution is 7.12. The topological polar surface area (TPSA) is 124 Å². The Morgan fingerprint density at radius 1 is 1.46 bits per heavy atom. The minimum absolute atomic E-state index is 0.0234. The Labute approximate surface area is 161 Å². The summed E-state index contributed by atoms with van der Waals surface area (Å²) >= 11 is 1.23. The molecule has 1 fully saturated rings. The number of halogens is 1. The summed E-state index contributed by atoms with van der Waals surface area (Å²) in [5.41, 5.74) is 4.85. The number of carbonyl (C=O) groups is 1. The summed E-state index contributed by atoms with van der Waals surface area (Å²) < 4.78 is 21.5. The molecule has 0 aromatic carbocycles. The van der Waals surface area contributed by atoms with Crippen molar-refractivity contribution < 1.29 is 19.0 Å². The number of pyridine rings is 2. The van der Waals surface area contributed by atoms with Crippen molar-refractivity contribution in [2.24, 2.45) is 5.73 Å². The summed E-state index contributed by atoms with van der Waals surface area (Å²) in [7, 11) is 1.53. The van der Waals surface area contributed by atoms with Crippen molar-refractivity contribution in [1.29, 1.82) is 0 Å². The van der Waals surface area contributed by atoms with Gasteiger partial charge in [0.25, 0.3) is 0 Å². The van der Waals surface area contributed by atoms with Gasteiger partial charge in [0.1, 0.15) is 5.56 Å². The molecule has 1 aliphatic heterocycles. The van der Waals surface area contributed by atoms with Crippen molar-refractivity contribution in [3.05, 3.63) is 45.4 Å². The first-order chi connectivity index (χ1) is 13.4. The van der Waals surface area contributed by atoms with Gasteiger partial charge in [-0.2, -0.15) is 0 Å². The second-order valence-corrected chi connectivity index (χ2v) is 7.24. The first-order valence-electron chi connectivity index (χ1n) is 8.33. The summed E-state index contributed by atoms with van der Waals surface area (Å²) in [5, 5.41) is 11.3. The van der Waals surface area contributed by atoms with Gasteiger partial charge in [0.05, 0.1) is 17.5 Å². The summed E-state index contributed by atoms with van der Waals surface area (Å²) in [6, 6.07) is 0.708. The third kappa shape index (κ3) is 2.93. The highest BCUT2D eigenvalue weighted by atomic mass is 32.1. The Morgan fingerprint density at radius 3 is 2.86 bits per heavy atom. The molecule has 1 saturated heterocycles. The molecule has 0 radical (unpaired) electrons. The van der Waals surface area contributed by atoms with Gasteiger partial charge in [0.15, 0.2) is 22.4 Å². The Kier molecular flexibility index (Phi) is 4.57. The number of thiazole rings is 1. The number of methoxy groups -OCH3 is 1. The van der Waals surface area contributed by atoms with E-state index in [4.69, 9.17) is 10.5 Å². The zero-order valence-corrected chi connectivity index (χ0v) is 15.5. The van der Waals surface area contributed by atoms with E-state index in [0.29, 0.717) is 18.2 Å². The number of anilines is 1. The number of fused-ring (bicyclic) bond motifs is 1. The van der Waals surface area contributed by atoms with Crippen molar-refractivity contribution in [2.45, 2.75) is 12.1 Å². The maximum Gasteiger partial charge on any atom is 0.341 e. The molecule has 4 rings (SSSR count). The molecule has 0 aliphatic carbocycles. The summed E-state index contributed by atoms with van der Waals surface area (Å²) in [5.74, 6) is -2.12. The van der Waals surface area contributed by atoms with Gasteiger partial charge in [0.2, 0.25) is 5.43 Å². The van der Waals surface area contributed by atoms with E-state index in [2.05, 4.69) is 9.97 Å². The van der Waals surface area contributed by atoms with E-state index in [0.717, 1.165) is 12.3 Å². The molecule has 1 aliphatic rings. The molecule has 3 aromatic rings. The molecule has 2 atom stereocenters. The number of nitrogens with two attached hydrogens (primary N) is 1. The van der Waals surface area contributed by atoms with Gasteiger partial charge in [-0.1, -0.05) is 0 Å². The first-order valence-corrected chi connectivity index (χ1v) is 9.21. The first kappa shape index (κ1) is 18.5. The molecule has 11 heteroatoms. The van der Waals surface area contributed by atoms with Crippen molar-refractivity contribution in [2.75, 3.05) is 25.1 Å². The van der Waals surface area contributed by atoms with Crippen LogP contribution in [-0.4, -0.2) is 58.0 Å². The SMILES string of the molecule is CO[C@@H]1CN(c2nc3c(cc2F)c(=O)c(C(=O)O)cn3-c2nccs2)C[C@@H]1N. The lowest BCUT2D eigenvalue weighted by atomic mass is 10.2. The van der Waals surface area contributed by atoms with Gasteiger partial charge >= 0.3 is 5.97 Å². The van der Waals surface area contributed by atoms with Crippen LogP contribution >= 0.6 is 11.3 Å². The monoisotopic (exact) mass is 405 g/mol. The van der Waals surface area contributed by atoms with Crippen LogP contribution in [0, 0.1) is 5.82 Å². The smallest absolute Gasteiger partial charge is 0.341 e. The van der Waals surface area contributed by atoms with E-state index >= 15 is 0 Å². The van der Waals surface area contributed by atoms with Crippen molar-refractivity contribution in [1.82, 2.24) is 14.5 Å². The third-order valence-corrected chi connectivity index (χ3v) is 5.45. The van der Waals surface area contributed by atoms with E-state index in [-0.39, 0.29) is 29.0 Å². The zero-order valence-electron chi connectivity index (χ0n) is 14.7. The fourth-order valence-electron chi connectivity index (χ4n) is 3.29. The number of hydrogen-bond donors (Lipinski definition) is 2. The van der Waals surface area contributed by atoms with Gasteiger partial charge in [-0.25, -0.2) is 19.2 Å². The van der Waals surface area contributed by atoms with E-state index in [1.54, 1.807) is 10.3 Å². The van der Waals surface area contributed by atoms with Crippen LogP contribution in [0.1, 0.15) is 10.4 Å². The van der Waals surface area contributed by atoms with Crippen LogP contribution in [0.3, 0.4) is 0 Å². The largest absolute Gasteiger partial charge is 0.477 e. The summed E-state index contributed by atoms with van der Waals surface area (Å²) in [6.07, 6.45) is 2.43. The van der Waals surface area contributed by atoms with E-state index in [1.165, 1.54) is 29.2 Å². The number of aromatic carboxylic acids is 1. The third-order valence-electron chi connectivity index (χ3n) is 4.68. The number of ether oxygens (including phenoxy) is 1. The Hall–Kier alpha value is -2.89. The molecule has 28 heavy (non-hydrogen) atoms. The lowest BCUT2D eigenvalue weighted by Crippen LogP contribution is -2.34. The maximum absolute atomic E-state index is 14.8. The quantitative estimate of drug-likeness (QED) is 0.655. The Morgan fingerprint density at radius 2 is 2.25 bits per heavy atom. The number of aromatic nitrogens is 3. The molecule has 3 N–H and O–H groups in total. The molecule has 0 bridgehead atoms. The van der Waals surface area contributed by atoms with E-state index in [9.17, 15) is 19.1 Å². The van der Waals surface area contributed by atoms with Gasteiger partial charge in [-0.15, -0.1) is 11.3 Å². The molecule has 0 unspecified atom stereocenters. The molecule has 3 aromatic heterocycles. The van der Waals surface area contributed by atoms with E-state index < -0.39 is 22.8 Å². The predicted octanol–water partition coefficient (Wildman–Crippen LogP) is 0.842. The average molecular weight is 405 g/mol. The molecule has 4 heterocycles. The van der Waals surface area contributed by atoms with Crippen LogP contribution < -0.4 is 16.1 Å². The van der Waals surface area contributed by atoms with Crippen LogP contribution in [0.4, 0.5) is 10.2 Å². The number of hydrogen-bond acceptors (Lipinski definition) is 8.